The molecule has 32 heavy (non-hydrogen) atoms. The quantitative estimate of drug-likeness (QED) is 0.481. The molecule has 0 aromatic heterocycles. The highest BCUT2D eigenvalue weighted by Gasteiger charge is 2.11. The molecule has 2 amide bonds. The second-order valence-electron chi connectivity index (χ2n) is 6.70. The Balaban J connectivity index is 1.35. The highest BCUT2D eigenvalue weighted by molar-refractivity contribution is 5.94. The number of carbonyl (C=O) groups excluding carboxylic acids is 3. The van der Waals surface area contributed by atoms with Crippen LogP contribution in [-0.2, 0) is 19.1 Å². The van der Waals surface area contributed by atoms with Crippen molar-refractivity contribution in [3.8, 4) is 11.5 Å². The topological polar surface area (TPSA) is 93.7 Å². The number of hydrogen-bond acceptors (Lipinski definition) is 5. The van der Waals surface area contributed by atoms with Gasteiger partial charge in [-0.05, 0) is 60.7 Å². The van der Waals surface area contributed by atoms with Crippen LogP contribution in [0, 0.1) is 5.82 Å². The molecular weight excluding hydrogens is 415 g/mol. The largest absolute Gasteiger partial charge is 0.457 e. The molecule has 0 fully saturated rings. The molecule has 0 saturated heterocycles. The lowest BCUT2D eigenvalue weighted by molar-refractivity contribution is -0.147. The van der Waals surface area contributed by atoms with Crippen LogP contribution < -0.4 is 15.4 Å². The van der Waals surface area contributed by atoms with Gasteiger partial charge in [-0.15, -0.1) is 0 Å². The number of nitrogens with one attached hydrogen (secondary N) is 2. The Kier molecular flexibility index (Phi) is 7.91. The van der Waals surface area contributed by atoms with Crippen molar-refractivity contribution in [2.75, 3.05) is 17.2 Å². The molecule has 0 aliphatic heterocycles. The summed E-state index contributed by atoms with van der Waals surface area (Å²) >= 11 is 0. The maximum Gasteiger partial charge on any atom is 0.306 e. The lowest BCUT2D eigenvalue weighted by atomic mass is 10.2. The summed E-state index contributed by atoms with van der Waals surface area (Å²) in [5.74, 6) is -0.717. The molecule has 0 saturated carbocycles. The zero-order chi connectivity index (χ0) is 22.8. The van der Waals surface area contributed by atoms with Gasteiger partial charge in [0.05, 0.1) is 6.42 Å². The van der Waals surface area contributed by atoms with Crippen LogP contribution in [0.25, 0.3) is 0 Å². The van der Waals surface area contributed by atoms with E-state index < -0.39 is 30.2 Å². The van der Waals surface area contributed by atoms with Gasteiger partial charge in [-0.2, -0.15) is 0 Å². The van der Waals surface area contributed by atoms with Gasteiger partial charge in [0.1, 0.15) is 17.3 Å². The molecule has 7 nitrogen and oxygen atoms in total. The van der Waals surface area contributed by atoms with Gasteiger partial charge in [-0.25, -0.2) is 4.39 Å². The summed E-state index contributed by atoms with van der Waals surface area (Å²) in [4.78, 5) is 35.6. The normalized spacial score (nSPS) is 10.2. The van der Waals surface area contributed by atoms with Gasteiger partial charge < -0.3 is 20.1 Å². The summed E-state index contributed by atoms with van der Waals surface area (Å²) in [6.07, 6.45) is -0.313. The smallest absolute Gasteiger partial charge is 0.306 e. The van der Waals surface area contributed by atoms with E-state index in [9.17, 15) is 18.8 Å². The van der Waals surface area contributed by atoms with E-state index in [1.807, 2.05) is 30.3 Å². The van der Waals surface area contributed by atoms with Crippen LogP contribution in [0.5, 0.6) is 11.5 Å². The van der Waals surface area contributed by atoms with E-state index in [0.29, 0.717) is 22.9 Å². The van der Waals surface area contributed by atoms with Crippen LogP contribution >= 0.6 is 0 Å². The maximum atomic E-state index is 12.9. The minimum atomic E-state index is -0.680. The molecule has 0 unspecified atom stereocenters. The van der Waals surface area contributed by atoms with Gasteiger partial charge in [0.2, 0.25) is 5.91 Å². The number of amides is 2. The third-order valence-electron chi connectivity index (χ3n) is 4.17. The van der Waals surface area contributed by atoms with Gasteiger partial charge in [0.25, 0.3) is 5.91 Å². The molecule has 0 bridgehead atoms. The van der Waals surface area contributed by atoms with Crippen LogP contribution in [0.15, 0.2) is 78.9 Å². The molecule has 0 radical (unpaired) electrons. The number of benzene rings is 3. The summed E-state index contributed by atoms with van der Waals surface area (Å²) in [6, 6.07) is 21.3. The molecule has 2 N–H and O–H groups in total. The number of rotatable bonds is 9. The van der Waals surface area contributed by atoms with Crippen molar-refractivity contribution < 1.29 is 28.2 Å². The van der Waals surface area contributed by atoms with E-state index >= 15 is 0 Å². The van der Waals surface area contributed by atoms with Crippen molar-refractivity contribution in [2.24, 2.45) is 0 Å². The summed E-state index contributed by atoms with van der Waals surface area (Å²) in [5, 5.41) is 5.15. The Morgan fingerprint density at radius 1 is 0.688 bits per heavy atom. The molecule has 164 valence electrons. The number of carbonyl (C=O) groups is 3. The maximum absolute atomic E-state index is 12.9. The Hall–Kier alpha value is -4.20. The first-order valence-corrected chi connectivity index (χ1v) is 9.82. The van der Waals surface area contributed by atoms with Crippen molar-refractivity contribution in [3.05, 3.63) is 84.7 Å². The lowest BCUT2D eigenvalue weighted by Gasteiger charge is -2.09. The predicted octanol–water partition coefficient (Wildman–Crippen LogP) is 4.52. The summed E-state index contributed by atoms with van der Waals surface area (Å²) in [6.45, 7) is -0.472. The van der Waals surface area contributed by atoms with Crippen LogP contribution in [0.3, 0.4) is 0 Å². The number of esters is 1. The number of anilines is 2. The highest BCUT2D eigenvalue weighted by Crippen LogP contribution is 2.22. The number of para-hydroxylation sites is 1. The van der Waals surface area contributed by atoms with Crippen LogP contribution in [-0.4, -0.2) is 24.4 Å². The fourth-order valence-electron chi connectivity index (χ4n) is 2.62. The highest BCUT2D eigenvalue weighted by atomic mass is 19.1. The van der Waals surface area contributed by atoms with Crippen molar-refractivity contribution in [1.82, 2.24) is 0 Å². The van der Waals surface area contributed by atoms with Crippen LogP contribution in [0.2, 0.25) is 0 Å². The summed E-state index contributed by atoms with van der Waals surface area (Å²) in [7, 11) is 0. The number of ether oxygens (including phenoxy) is 2. The Bertz CT molecular complexity index is 1050. The first-order valence-electron chi connectivity index (χ1n) is 9.82. The van der Waals surface area contributed by atoms with Gasteiger partial charge in [0.15, 0.2) is 6.61 Å². The molecule has 0 aliphatic rings. The molecule has 0 aliphatic carbocycles. The fourth-order valence-corrected chi connectivity index (χ4v) is 2.62. The average molecular weight is 436 g/mol. The van der Waals surface area contributed by atoms with Gasteiger partial charge >= 0.3 is 5.97 Å². The molecule has 0 atom stereocenters. The third-order valence-corrected chi connectivity index (χ3v) is 4.17. The summed E-state index contributed by atoms with van der Waals surface area (Å²) in [5.41, 5.74) is 0.939. The van der Waals surface area contributed by atoms with E-state index in [2.05, 4.69) is 10.6 Å². The Morgan fingerprint density at radius 2 is 1.25 bits per heavy atom. The fraction of sp³-hybridized carbons (Fsp3) is 0.125. The minimum Gasteiger partial charge on any atom is -0.457 e. The third kappa shape index (κ3) is 7.56. The van der Waals surface area contributed by atoms with Crippen LogP contribution in [0.4, 0.5) is 15.8 Å². The molecule has 3 aromatic carbocycles. The second-order valence-corrected chi connectivity index (χ2v) is 6.70. The monoisotopic (exact) mass is 436 g/mol. The standard InChI is InChI=1S/C24H21FN2O5/c25-17-6-8-18(9-7-17)26-22(28)14-15-24(30)31-16-23(29)27-19-10-12-21(13-11-19)32-20-4-2-1-3-5-20/h1-13H,14-16H2,(H,26,28)(H,27,29). The lowest BCUT2D eigenvalue weighted by Crippen LogP contribution is -2.21. The Morgan fingerprint density at radius 3 is 1.91 bits per heavy atom. The molecule has 8 heteroatoms. The van der Waals surface area contributed by atoms with Crippen molar-refractivity contribution >= 4 is 29.2 Å². The van der Waals surface area contributed by atoms with E-state index in [0.717, 1.165) is 0 Å². The number of hydrogen-bond donors (Lipinski definition) is 2. The number of halogens is 1. The van der Waals surface area contributed by atoms with Crippen LogP contribution in [0.1, 0.15) is 12.8 Å². The van der Waals surface area contributed by atoms with E-state index in [-0.39, 0.29) is 12.8 Å². The molecule has 0 heterocycles. The van der Waals surface area contributed by atoms with E-state index in [1.165, 1.54) is 24.3 Å². The first kappa shape index (κ1) is 22.5. The average Bonchev–Trinajstić information content (AvgIpc) is 2.80. The predicted molar refractivity (Wildman–Crippen MR) is 117 cm³/mol. The second kappa shape index (κ2) is 11.3. The van der Waals surface area contributed by atoms with E-state index in [1.54, 1.807) is 24.3 Å². The van der Waals surface area contributed by atoms with Gasteiger partial charge in [0, 0.05) is 17.8 Å². The Labute approximate surface area is 184 Å². The zero-order valence-corrected chi connectivity index (χ0v) is 17.0. The minimum absolute atomic E-state index is 0.124. The molecular formula is C24H21FN2O5. The van der Waals surface area contributed by atoms with Crippen molar-refractivity contribution in [1.29, 1.82) is 0 Å². The molecule has 3 aromatic rings. The SMILES string of the molecule is O=C(CCC(=O)OCC(=O)Nc1ccc(Oc2ccccc2)cc1)Nc1ccc(F)cc1. The van der Waals surface area contributed by atoms with Crippen molar-refractivity contribution in [3.63, 3.8) is 0 Å². The van der Waals surface area contributed by atoms with E-state index in [4.69, 9.17) is 9.47 Å². The van der Waals surface area contributed by atoms with Crippen molar-refractivity contribution in [2.45, 2.75) is 12.8 Å². The van der Waals surface area contributed by atoms with Gasteiger partial charge in [-0.3, -0.25) is 14.4 Å². The molecule has 3 rings (SSSR count). The van der Waals surface area contributed by atoms with Gasteiger partial charge in [-0.1, -0.05) is 18.2 Å². The first-order chi connectivity index (χ1) is 15.5. The molecule has 0 spiro atoms. The summed E-state index contributed by atoms with van der Waals surface area (Å²) < 4.78 is 23.4. The zero-order valence-electron chi connectivity index (χ0n) is 17.0.